The van der Waals surface area contributed by atoms with Crippen molar-refractivity contribution in [1.82, 2.24) is 16.0 Å². The molecule has 0 spiro atoms. The molecule has 0 radical (unpaired) electrons. The number of ether oxygens (including phenoxy) is 1. The number of methoxy groups -OCH3 is 1. The summed E-state index contributed by atoms with van der Waals surface area (Å²) >= 11 is 0. The average Bonchev–Trinajstić information content (AvgIpc) is 3.65. The van der Waals surface area contributed by atoms with Gasteiger partial charge in [-0.3, -0.25) is 24.0 Å². The van der Waals surface area contributed by atoms with Crippen molar-refractivity contribution in [2.75, 3.05) is 17.7 Å². The monoisotopic (exact) mass is 1090 g/mol. The Bertz CT molecular complexity index is 3420. The Kier molecular flexibility index (Phi) is 19.8. The quantitative estimate of drug-likeness (QED) is 0.0328. The predicted molar refractivity (Wildman–Crippen MR) is 302 cm³/mol. The maximum Gasteiger partial charge on any atom is 0.386 e. The van der Waals surface area contributed by atoms with Crippen LogP contribution in [0.15, 0.2) is 237 Å². The van der Waals surface area contributed by atoms with E-state index in [0.717, 1.165) is 0 Å². The summed E-state index contributed by atoms with van der Waals surface area (Å²) in [5.74, 6) is -8.63. The number of para-hydroxylation sites is 1. The minimum atomic E-state index is -2.21. The molecule has 8 aromatic rings. The molecule has 0 saturated carbocycles. The minimum Gasteiger partial charge on any atom is -0.497 e. The van der Waals surface area contributed by atoms with E-state index in [4.69, 9.17) is 14.5 Å². The number of hydrogen-bond donors (Lipinski definition) is 6. The van der Waals surface area contributed by atoms with Crippen LogP contribution < -0.4 is 31.3 Å². The summed E-state index contributed by atoms with van der Waals surface area (Å²) in [5, 5.41) is 23.8. The van der Waals surface area contributed by atoms with Gasteiger partial charge in [-0.25, -0.2) is 24.2 Å². The second-order valence-corrected chi connectivity index (χ2v) is 18.3. The van der Waals surface area contributed by atoms with Crippen molar-refractivity contribution in [1.29, 1.82) is 0 Å². The van der Waals surface area contributed by atoms with Crippen molar-refractivity contribution in [3.8, 4) is 5.75 Å². The molecular formula is C64H57N5O12. The van der Waals surface area contributed by atoms with Crippen LogP contribution in [0.25, 0.3) is 0 Å². The molecule has 0 aliphatic carbocycles. The molecule has 0 aliphatic rings. The number of nitrogens with one attached hydrogen (secondary N) is 5. The summed E-state index contributed by atoms with van der Waals surface area (Å²) in [7, 11) is 1.53. The van der Waals surface area contributed by atoms with E-state index in [1.165, 1.54) is 21.0 Å². The summed E-state index contributed by atoms with van der Waals surface area (Å²) in [6, 6.07) is 63.1. The van der Waals surface area contributed by atoms with Crippen molar-refractivity contribution < 1.29 is 58.0 Å². The van der Waals surface area contributed by atoms with Gasteiger partial charge in [0.15, 0.2) is 17.1 Å². The number of aliphatic carboxylic acids is 1. The fraction of sp³-hybridized carbons (Fsp3) is 0.125. The first-order valence-electron chi connectivity index (χ1n) is 25.4. The van der Waals surface area contributed by atoms with Crippen LogP contribution in [0.5, 0.6) is 5.75 Å². The third-order valence-corrected chi connectivity index (χ3v) is 13.2. The zero-order valence-corrected chi connectivity index (χ0v) is 44.2. The molecule has 0 aromatic heterocycles. The fourth-order valence-corrected chi connectivity index (χ4v) is 8.66. The van der Waals surface area contributed by atoms with Gasteiger partial charge in [-0.2, -0.15) is 0 Å². The van der Waals surface area contributed by atoms with Crippen LogP contribution in [0.4, 0.5) is 11.4 Å². The highest BCUT2D eigenvalue weighted by molar-refractivity contribution is 6.04. The Morgan fingerprint density at radius 3 is 1.21 bits per heavy atom. The highest BCUT2D eigenvalue weighted by Crippen LogP contribution is 2.35. The second-order valence-electron chi connectivity index (χ2n) is 18.3. The Morgan fingerprint density at radius 1 is 0.420 bits per heavy atom. The summed E-state index contributed by atoms with van der Waals surface area (Å²) in [4.78, 5) is 118. The molecule has 8 rings (SSSR count). The van der Waals surface area contributed by atoms with Gasteiger partial charge in [-0.1, -0.05) is 178 Å². The van der Waals surface area contributed by atoms with Gasteiger partial charge >= 0.3 is 17.9 Å². The Hall–Kier alpha value is -10.7. The number of amides is 5. The summed E-state index contributed by atoms with van der Waals surface area (Å²) < 4.78 is 5.11. The average molecular weight is 1090 g/mol. The van der Waals surface area contributed by atoms with E-state index in [2.05, 4.69) is 26.6 Å². The highest BCUT2D eigenvalue weighted by Gasteiger charge is 2.53. The van der Waals surface area contributed by atoms with Gasteiger partial charge in [0.05, 0.1) is 18.9 Å². The lowest BCUT2D eigenvalue weighted by molar-refractivity contribution is -0.266. The van der Waals surface area contributed by atoms with Gasteiger partial charge in [-0.05, 0) is 89.5 Å². The number of benzene rings is 8. The van der Waals surface area contributed by atoms with Crippen LogP contribution in [0.3, 0.4) is 0 Å². The predicted octanol–water partition coefficient (Wildman–Crippen LogP) is 9.44. The van der Waals surface area contributed by atoms with Gasteiger partial charge in [0.1, 0.15) is 5.75 Å². The number of carboxylic acid groups (broad SMARTS) is 1. The van der Waals surface area contributed by atoms with Crippen LogP contribution in [0.2, 0.25) is 0 Å². The minimum absolute atomic E-state index is 0.188. The molecule has 17 heteroatoms. The van der Waals surface area contributed by atoms with Gasteiger partial charge in [0, 0.05) is 28.1 Å². The second kappa shape index (κ2) is 27.6. The van der Waals surface area contributed by atoms with Gasteiger partial charge in [-0.15, -0.1) is 0 Å². The molecule has 81 heavy (non-hydrogen) atoms. The van der Waals surface area contributed by atoms with E-state index in [1.54, 1.807) is 237 Å². The SMILES string of the molecule is CC(C(=O)Nc1ccccc1)C(NC(=O)c1ccccc1)(C(=O)OOC(=O)C(NC(=O)c1ccccc1)c1ccccc1)c1ccccc1.COc1ccc(NC(=O)C(C)C(NC(=O)c2ccccc2)(C(=O)O)c2ccccc2)cc1. The largest absolute Gasteiger partial charge is 0.497 e. The van der Waals surface area contributed by atoms with Crippen LogP contribution in [0, 0.1) is 11.8 Å². The number of carbonyl (C=O) groups excluding carboxylic acids is 7. The van der Waals surface area contributed by atoms with Crippen molar-refractivity contribution >= 4 is 58.8 Å². The van der Waals surface area contributed by atoms with Crippen LogP contribution in [-0.4, -0.2) is 59.7 Å². The summed E-state index contributed by atoms with van der Waals surface area (Å²) in [6.07, 6.45) is 0. The Labute approximate surface area is 467 Å². The molecule has 5 unspecified atom stereocenters. The molecule has 8 aromatic carbocycles. The zero-order chi connectivity index (χ0) is 57.8. The maximum absolute atomic E-state index is 14.4. The van der Waals surface area contributed by atoms with Gasteiger partial charge in [0.25, 0.3) is 17.7 Å². The first kappa shape index (κ1) is 58.0. The Balaban J connectivity index is 0.000000256. The van der Waals surface area contributed by atoms with E-state index in [1.807, 2.05) is 0 Å². The third-order valence-electron chi connectivity index (χ3n) is 13.2. The molecule has 0 aliphatic heterocycles. The molecule has 6 N–H and O–H groups in total. The van der Waals surface area contributed by atoms with Crippen LogP contribution >= 0.6 is 0 Å². The summed E-state index contributed by atoms with van der Waals surface area (Å²) in [5.41, 5.74) is -1.66. The van der Waals surface area contributed by atoms with Crippen molar-refractivity contribution in [2.24, 2.45) is 11.8 Å². The highest BCUT2D eigenvalue weighted by atomic mass is 17.2. The molecule has 0 bridgehead atoms. The number of carboxylic acids is 1. The molecule has 0 saturated heterocycles. The fourth-order valence-electron chi connectivity index (χ4n) is 8.66. The van der Waals surface area contributed by atoms with Crippen molar-refractivity contribution in [2.45, 2.75) is 31.0 Å². The molecule has 5 amide bonds. The lowest BCUT2D eigenvalue weighted by Gasteiger charge is -2.36. The lowest BCUT2D eigenvalue weighted by atomic mass is 9.77. The number of rotatable bonds is 19. The van der Waals surface area contributed by atoms with Crippen molar-refractivity contribution in [3.63, 3.8) is 0 Å². The van der Waals surface area contributed by atoms with Gasteiger partial charge in [0.2, 0.25) is 11.8 Å². The number of carbonyl (C=O) groups is 8. The lowest BCUT2D eigenvalue weighted by Crippen LogP contribution is -2.59. The zero-order valence-electron chi connectivity index (χ0n) is 44.2. The van der Waals surface area contributed by atoms with E-state index < -0.39 is 76.4 Å². The normalized spacial score (nSPS) is 13.1. The number of anilines is 2. The van der Waals surface area contributed by atoms with E-state index in [9.17, 15) is 43.5 Å². The first-order chi connectivity index (χ1) is 39.2. The van der Waals surface area contributed by atoms with E-state index >= 15 is 0 Å². The number of hydrogen-bond acceptors (Lipinski definition) is 11. The van der Waals surface area contributed by atoms with E-state index in [0.29, 0.717) is 22.7 Å². The molecule has 5 atom stereocenters. The van der Waals surface area contributed by atoms with Crippen LogP contribution in [0.1, 0.15) is 67.7 Å². The van der Waals surface area contributed by atoms with Crippen LogP contribution in [-0.2, 0) is 44.8 Å². The summed E-state index contributed by atoms with van der Waals surface area (Å²) in [6.45, 7) is 2.93. The maximum atomic E-state index is 14.4. The first-order valence-corrected chi connectivity index (χ1v) is 25.4. The third kappa shape index (κ3) is 14.3. The molecule has 0 fully saturated rings. The van der Waals surface area contributed by atoms with E-state index in [-0.39, 0.29) is 27.8 Å². The molecular weight excluding hydrogens is 1030 g/mol. The molecule has 0 heterocycles. The van der Waals surface area contributed by atoms with Gasteiger partial charge < -0.3 is 36.4 Å². The van der Waals surface area contributed by atoms with Crippen molar-refractivity contribution in [3.05, 3.63) is 270 Å². The Morgan fingerprint density at radius 2 is 0.778 bits per heavy atom. The smallest absolute Gasteiger partial charge is 0.386 e. The topological polar surface area (TPSA) is 245 Å². The molecule has 17 nitrogen and oxygen atoms in total. The molecule has 410 valence electrons. The standard InChI is InChI=1S/C39H33N3O7.C25H24N2O5/c1-27(34(43)40-32-25-15-6-16-26-32)39(31-23-13-5-14-24-31,42-36(45)30-21-11-4-12-22-30)38(47)49-48-37(46)33(28-17-7-2-8-18-28)41-35(44)29-19-9-3-10-20-29;1-17(22(28)26-20-13-15-21(32-2)16-14-20)25(24(30)31,19-11-7-4-8-12-19)27-23(29)18-9-5-3-6-10-18/h2-27,33H,1H3,(H,40,43)(H,41,44)(H,42,45);3-17H,1-2H3,(H,26,28)(H,27,29)(H,30,31).